The van der Waals surface area contributed by atoms with Crippen molar-refractivity contribution < 1.29 is 13.2 Å². The van der Waals surface area contributed by atoms with Crippen molar-refractivity contribution >= 4 is 15.8 Å². The molecule has 0 unspecified atom stereocenters. The summed E-state index contributed by atoms with van der Waals surface area (Å²) in [4.78, 5) is 4.19. The summed E-state index contributed by atoms with van der Waals surface area (Å²) in [5, 5.41) is 12.1. The van der Waals surface area contributed by atoms with Gasteiger partial charge in [-0.05, 0) is 18.6 Å². The maximum Gasteiger partial charge on any atom is 0.211 e. The minimum Gasteiger partial charge on any atom is -0.371 e. The van der Waals surface area contributed by atoms with Gasteiger partial charge in [-0.15, -0.1) is 0 Å². The first kappa shape index (κ1) is 15.2. The van der Waals surface area contributed by atoms with Crippen molar-refractivity contribution in [2.45, 2.75) is 24.5 Å². The topological polar surface area (TPSA) is 95.3 Å². The second kappa shape index (κ2) is 5.50. The Labute approximate surface area is 130 Å². The Balaban J connectivity index is 1.65. The predicted octanol–water partition coefficient (Wildman–Crippen LogP) is 0.558. The van der Waals surface area contributed by atoms with E-state index < -0.39 is 15.6 Å². The molecular weight excluding hydrogens is 304 g/mol. The third kappa shape index (κ3) is 3.06. The van der Waals surface area contributed by atoms with Crippen molar-refractivity contribution in [1.29, 1.82) is 5.26 Å². The van der Waals surface area contributed by atoms with Gasteiger partial charge in [-0.25, -0.2) is 13.4 Å². The van der Waals surface area contributed by atoms with E-state index >= 15 is 0 Å². The van der Waals surface area contributed by atoms with Crippen molar-refractivity contribution in [2.75, 3.05) is 31.3 Å². The van der Waals surface area contributed by atoms with Crippen molar-refractivity contribution in [1.82, 2.24) is 9.29 Å². The minimum atomic E-state index is -3.17. The van der Waals surface area contributed by atoms with E-state index in [0.29, 0.717) is 37.6 Å². The van der Waals surface area contributed by atoms with Gasteiger partial charge in [-0.1, -0.05) is 6.07 Å². The number of ether oxygens (including phenoxy) is 1. The molecule has 2 fully saturated rings. The van der Waals surface area contributed by atoms with Gasteiger partial charge in [0.2, 0.25) is 10.0 Å². The lowest BCUT2D eigenvalue weighted by Gasteiger charge is -2.22. The number of nitriles is 1. The summed E-state index contributed by atoms with van der Waals surface area (Å²) in [6.07, 6.45) is 2.68. The maximum atomic E-state index is 11.6. The Morgan fingerprint density at radius 2 is 2.36 bits per heavy atom. The van der Waals surface area contributed by atoms with Gasteiger partial charge in [0.05, 0.1) is 24.5 Å². The van der Waals surface area contributed by atoms with Crippen molar-refractivity contribution in [2.24, 2.45) is 0 Å². The van der Waals surface area contributed by atoms with Crippen molar-refractivity contribution in [3.8, 4) is 6.07 Å². The second-order valence-corrected chi connectivity index (χ2v) is 7.89. The summed E-state index contributed by atoms with van der Waals surface area (Å²) >= 11 is 0. The fourth-order valence-electron chi connectivity index (χ4n) is 3.10. The van der Waals surface area contributed by atoms with Crippen LogP contribution in [0, 0.1) is 11.3 Å². The lowest BCUT2D eigenvalue weighted by atomic mass is 9.97. The van der Waals surface area contributed by atoms with E-state index in [1.807, 2.05) is 12.1 Å². The molecule has 1 spiro atoms. The highest BCUT2D eigenvalue weighted by Gasteiger charge is 2.47. The molecule has 1 aromatic heterocycles. The van der Waals surface area contributed by atoms with Crippen molar-refractivity contribution in [3.05, 3.63) is 23.9 Å². The molecule has 3 rings (SSSR count). The molecular formula is C14H18N4O3S. The predicted molar refractivity (Wildman–Crippen MR) is 80.7 cm³/mol. The molecule has 2 saturated heterocycles. The van der Waals surface area contributed by atoms with Crippen LogP contribution >= 0.6 is 0 Å². The molecule has 8 heteroatoms. The Morgan fingerprint density at radius 1 is 1.55 bits per heavy atom. The van der Waals surface area contributed by atoms with Gasteiger partial charge >= 0.3 is 0 Å². The minimum absolute atomic E-state index is 0.0703. The summed E-state index contributed by atoms with van der Waals surface area (Å²) in [5.41, 5.74) is -0.0316. The Hall–Kier alpha value is -1.69. The first-order valence-corrected chi connectivity index (χ1v) is 8.98. The zero-order valence-corrected chi connectivity index (χ0v) is 13.1. The quantitative estimate of drug-likeness (QED) is 0.873. The third-order valence-electron chi connectivity index (χ3n) is 4.18. The van der Waals surface area contributed by atoms with Crippen LogP contribution in [0.1, 0.15) is 18.5 Å². The van der Waals surface area contributed by atoms with Gasteiger partial charge in [-0.2, -0.15) is 9.57 Å². The smallest absolute Gasteiger partial charge is 0.211 e. The number of hydrogen-bond acceptors (Lipinski definition) is 6. The fourth-order valence-corrected chi connectivity index (χ4v) is 3.99. The summed E-state index contributed by atoms with van der Waals surface area (Å²) < 4.78 is 30.6. The van der Waals surface area contributed by atoms with Crippen LogP contribution in [0.5, 0.6) is 0 Å². The molecule has 3 heterocycles. The van der Waals surface area contributed by atoms with Crippen molar-refractivity contribution in [3.63, 3.8) is 0 Å². The maximum absolute atomic E-state index is 11.6. The van der Waals surface area contributed by atoms with Crippen LogP contribution in [0.15, 0.2) is 18.2 Å². The monoisotopic (exact) mass is 322 g/mol. The summed E-state index contributed by atoms with van der Waals surface area (Å²) in [6, 6.07) is 7.32. The van der Waals surface area contributed by atoms with Gasteiger partial charge < -0.3 is 10.1 Å². The number of hydrogen-bond donors (Lipinski definition) is 1. The van der Waals surface area contributed by atoms with E-state index in [4.69, 9.17) is 10.00 Å². The van der Waals surface area contributed by atoms with E-state index in [9.17, 15) is 8.42 Å². The first-order chi connectivity index (χ1) is 10.4. The normalized spacial score (nSPS) is 28.8. The number of nitrogens with zero attached hydrogens (tertiary/aromatic N) is 3. The van der Waals surface area contributed by atoms with Crippen LogP contribution in [-0.2, 0) is 14.8 Å². The lowest BCUT2D eigenvalue weighted by Crippen LogP contribution is -2.35. The average Bonchev–Trinajstić information content (AvgIpc) is 3.07. The molecule has 0 saturated carbocycles. The molecule has 1 aromatic rings. The molecule has 0 bridgehead atoms. The zero-order chi connectivity index (χ0) is 15.8. The van der Waals surface area contributed by atoms with Crippen LogP contribution in [-0.4, -0.2) is 55.3 Å². The van der Waals surface area contributed by atoms with Gasteiger partial charge in [-0.3, -0.25) is 0 Å². The number of nitrogens with one attached hydrogen (secondary N) is 1. The second-order valence-electron chi connectivity index (χ2n) is 5.91. The Morgan fingerprint density at radius 3 is 3.05 bits per heavy atom. The fraction of sp³-hybridized carbons (Fsp3) is 0.571. The summed E-state index contributed by atoms with van der Waals surface area (Å²) in [6.45, 7) is 1.43. The first-order valence-electron chi connectivity index (χ1n) is 7.13. The van der Waals surface area contributed by atoms with Gasteiger partial charge in [0.1, 0.15) is 17.6 Å². The number of rotatable bonds is 3. The van der Waals surface area contributed by atoms with Crippen LogP contribution in [0.2, 0.25) is 0 Å². The Bertz CT molecular complexity index is 715. The van der Waals surface area contributed by atoms with Crippen LogP contribution in [0.4, 0.5) is 5.82 Å². The third-order valence-corrected chi connectivity index (χ3v) is 5.42. The van der Waals surface area contributed by atoms with E-state index in [1.54, 1.807) is 12.1 Å². The van der Waals surface area contributed by atoms with Gasteiger partial charge in [0.15, 0.2) is 0 Å². The van der Waals surface area contributed by atoms with Crippen LogP contribution < -0.4 is 5.32 Å². The molecule has 118 valence electrons. The standard InChI is InChI=1S/C14H18N4O3S/c1-22(19,20)18-6-5-14(10-18)7-12(9-21-14)17-13-4-2-3-11(8-15)16-13/h2-4,12H,5-7,9-10H2,1H3,(H,16,17)/t12-,14-/m0/s1. The molecule has 0 radical (unpaired) electrons. The number of aromatic nitrogens is 1. The van der Waals surface area contributed by atoms with E-state index in [2.05, 4.69) is 10.3 Å². The highest BCUT2D eigenvalue weighted by Crippen LogP contribution is 2.36. The van der Waals surface area contributed by atoms with Gasteiger partial charge in [0.25, 0.3) is 0 Å². The van der Waals surface area contributed by atoms with Crippen LogP contribution in [0.3, 0.4) is 0 Å². The Kier molecular flexibility index (Phi) is 3.80. The molecule has 0 amide bonds. The van der Waals surface area contributed by atoms with E-state index in [-0.39, 0.29) is 6.04 Å². The average molecular weight is 322 g/mol. The summed E-state index contributed by atoms with van der Waals surface area (Å²) in [5.74, 6) is 0.641. The number of pyridine rings is 1. The molecule has 2 aliphatic heterocycles. The largest absolute Gasteiger partial charge is 0.371 e. The number of sulfonamides is 1. The highest BCUT2D eigenvalue weighted by molar-refractivity contribution is 7.88. The van der Waals surface area contributed by atoms with E-state index in [1.165, 1.54) is 10.6 Å². The van der Waals surface area contributed by atoms with Gasteiger partial charge in [0, 0.05) is 19.5 Å². The SMILES string of the molecule is CS(=O)(=O)N1CC[C@]2(C[C@H](Nc3cccc(C#N)n3)CO2)C1. The molecule has 22 heavy (non-hydrogen) atoms. The highest BCUT2D eigenvalue weighted by atomic mass is 32.2. The molecule has 2 atom stereocenters. The molecule has 1 N–H and O–H groups in total. The summed E-state index contributed by atoms with van der Waals surface area (Å²) in [7, 11) is -3.17. The van der Waals surface area contributed by atoms with Crippen LogP contribution in [0.25, 0.3) is 0 Å². The molecule has 7 nitrogen and oxygen atoms in total. The lowest BCUT2D eigenvalue weighted by molar-refractivity contribution is 0.0173. The molecule has 0 aliphatic carbocycles. The molecule has 2 aliphatic rings. The molecule has 0 aromatic carbocycles. The zero-order valence-electron chi connectivity index (χ0n) is 12.3. The number of anilines is 1. The van der Waals surface area contributed by atoms with E-state index in [0.717, 1.165) is 6.42 Å².